The van der Waals surface area contributed by atoms with E-state index >= 15 is 0 Å². The molecule has 0 aliphatic carbocycles. The van der Waals surface area contributed by atoms with Gasteiger partial charge in [-0.1, -0.05) is 6.92 Å². The molecule has 1 unspecified atom stereocenters. The lowest BCUT2D eigenvalue weighted by atomic mass is 9.88. The van der Waals surface area contributed by atoms with Crippen LogP contribution in [0.25, 0.3) is 0 Å². The molecule has 0 aliphatic rings. The van der Waals surface area contributed by atoms with Gasteiger partial charge in [0.05, 0.1) is 5.41 Å². The van der Waals surface area contributed by atoms with E-state index in [-0.39, 0.29) is 17.8 Å². The van der Waals surface area contributed by atoms with E-state index in [2.05, 4.69) is 10.4 Å². The topological polar surface area (TPSA) is 101 Å². The van der Waals surface area contributed by atoms with Gasteiger partial charge in [-0.05, 0) is 19.4 Å². The Morgan fingerprint density at radius 1 is 1.47 bits per heavy atom. The molecule has 1 heterocycles. The van der Waals surface area contributed by atoms with Crippen LogP contribution in [0.1, 0.15) is 30.8 Å². The van der Waals surface area contributed by atoms with Crippen molar-refractivity contribution in [3.8, 4) is 0 Å². The van der Waals surface area contributed by atoms with Crippen molar-refractivity contribution in [1.29, 1.82) is 0 Å². The number of carboxylic acids is 1. The average molecular weight is 267 g/mol. The number of aromatic nitrogens is 2. The van der Waals surface area contributed by atoms with Crippen molar-refractivity contribution in [1.82, 2.24) is 15.1 Å². The fourth-order valence-electron chi connectivity index (χ4n) is 1.34. The summed E-state index contributed by atoms with van der Waals surface area (Å²) in [6.45, 7) is 3.30. The molecular weight excluding hydrogens is 250 g/mol. The highest BCUT2D eigenvalue weighted by molar-refractivity contribution is 5.92. The average Bonchev–Trinajstić information content (AvgIpc) is 2.38. The van der Waals surface area contributed by atoms with Crippen LogP contribution >= 0.6 is 0 Å². The van der Waals surface area contributed by atoms with Gasteiger partial charge in [-0.2, -0.15) is 5.10 Å². The molecule has 7 nitrogen and oxygen atoms in total. The van der Waals surface area contributed by atoms with Crippen LogP contribution in [-0.4, -0.2) is 33.3 Å². The monoisotopic (exact) mass is 267 g/mol. The zero-order valence-corrected chi connectivity index (χ0v) is 11.1. The van der Waals surface area contributed by atoms with Crippen LogP contribution in [-0.2, 0) is 11.8 Å². The van der Waals surface area contributed by atoms with Crippen LogP contribution in [0.5, 0.6) is 0 Å². The van der Waals surface area contributed by atoms with Gasteiger partial charge >= 0.3 is 5.97 Å². The van der Waals surface area contributed by atoms with Gasteiger partial charge in [0.2, 0.25) is 0 Å². The van der Waals surface area contributed by atoms with E-state index in [4.69, 9.17) is 5.11 Å². The molecule has 104 valence electrons. The zero-order valence-electron chi connectivity index (χ0n) is 11.1. The second-order valence-corrected chi connectivity index (χ2v) is 4.58. The highest BCUT2D eigenvalue weighted by Gasteiger charge is 2.31. The summed E-state index contributed by atoms with van der Waals surface area (Å²) >= 11 is 0. The molecule has 7 heteroatoms. The van der Waals surface area contributed by atoms with Crippen molar-refractivity contribution in [3.63, 3.8) is 0 Å². The van der Waals surface area contributed by atoms with E-state index in [0.717, 1.165) is 4.68 Å². The van der Waals surface area contributed by atoms with Crippen molar-refractivity contribution in [2.24, 2.45) is 12.5 Å². The lowest BCUT2D eigenvalue weighted by molar-refractivity contribution is -0.147. The molecule has 1 aromatic rings. The molecule has 1 rings (SSSR count). The van der Waals surface area contributed by atoms with Gasteiger partial charge < -0.3 is 10.4 Å². The Labute approximate surface area is 110 Å². The molecule has 0 aliphatic heterocycles. The lowest BCUT2D eigenvalue weighted by Gasteiger charge is -2.23. The first-order valence-electron chi connectivity index (χ1n) is 5.86. The predicted molar refractivity (Wildman–Crippen MR) is 67.8 cm³/mol. The predicted octanol–water partition coefficient (Wildman–Crippen LogP) is 0.0110. The molecular formula is C12H17N3O4. The molecule has 2 N–H and O–H groups in total. The molecule has 0 bridgehead atoms. The number of nitrogens with zero attached hydrogens (tertiary/aromatic N) is 2. The van der Waals surface area contributed by atoms with Crippen molar-refractivity contribution in [2.75, 3.05) is 6.54 Å². The minimum Gasteiger partial charge on any atom is -0.481 e. The van der Waals surface area contributed by atoms with Gasteiger partial charge in [0.1, 0.15) is 5.69 Å². The Morgan fingerprint density at radius 3 is 2.58 bits per heavy atom. The summed E-state index contributed by atoms with van der Waals surface area (Å²) in [6.07, 6.45) is 0.392. The minimum atomic E-state index is -1.02. The molecule has 1 amide bonds. The van der Waals surface area contributed by atoms with E-state index in [1.807, 2.05) is 0 Å². The molecule has 0 saturated carbocycles. The smallest absolute Gasteiger partial charge is 0.311 e. The van der Waals surface area contributed by atoms with Gasteiger partial charge in [0.15, 0.2) is 0 Å². The SMILES string of the molecule is CCC(C)(CNC(=O)c1ccc(=O)n(C)n1)C(=O)O. The number of carbonyl (C=O) groups excluding carboxylic acids is 1. The molecule has 0 radical (unpaired) electrons. The Morgan fingerprint density at radius 2 is 2.11 bits per heavy atom. The van der Waals surface area contributed by atoms with Crippen LogP contribution in [0.4, 0.5) is 0 Å². The number of rotatable bonds is 5. The number of carbonyl (C=O) groups is 2. The number of carboxylic acid groups (broad SMARTS) is 1. The van der Waals surface area contributed by atoms with E-state index in [1.165, 1.54) is 19.2 Å². The van der Waals surface area contributed by atoms with Gasteiger partial charge in [0.25, 0.3) is 11.5 Å². The van der Waals surface area contributed by atoms with Crippen LogP contribution in [0.15, 0.2) is 16.9 Å². The summed E-state index contributed by atoms with van der Waals surface area (Å²) in [5.74, 6) is -1.47. The molecule has 1 atom stereocenters. The molecule has 0 spiro atoms. The van der Waals surface area contributed by atoms with E-state index in [1.54, 1.807) is 13.8 Å². The summed E-state index contributed by atoms with van der Waals surface area (Å²) in [6, 6.07) is 2.54. The minimum absolute atomic E-state index is 0.00217. The summed E-state index contributed by atoms with van der Waals surface area (Å²) < 4.78 is 1.05. The fraction of sp³-hybridized carbons (Fsp3) is 0.500. The number of amides is 1. The van der Waals surface area contributed by atoms with Gasteiger partial charge in [-0.15, -0.1) is 0 Å². The third-order valence-electron chi connectivity index (χ3n) is 3.13. The lowest BCUT2D eigenvalue weighted by Crippen LogP contribution is -2.41. The van der Waals surface area contributed by atoms with Crippen molar-refractivity contribution in [2.45, 2.75) is 20.3 Å². The standard InChI is InChI=1S/C12H17N3O4/c1-4-12(2,11(18)19)7-13-10(17)8-5-6-9(16)15(3)14-8/h5-6H,4,7H2,1-3H3,(H,13,17)(H,18,19). The number of nitrogens with one attached hydrogen (secondary N) is 1. The number of hydrogen-bond acceptors (Lipinski definition) is 4. The second kappa shape index (κ2) is 5.64. The largest absolute Gasteiger partial charge is 0.481 e. The first-order chi connectivity index (χ1) is 8.80. The number of aryl methyl sites for hydroxylation is 1. The number of aliphatic carboxylic acids is 1. The first-order valence-corrected chi connectivity index (χ1v) is 5.86. The van der Waals surface area contributed by atoms with Gasteiger partial charge in [-0.3, -0.25) is 14.4 Å². The maximum absolute atomic E-state index is 11.8. The van der Waals surface area contributed by atoms with E-state index in [0.29, 0.717) is 6.42 Å². The molecule has 1 aromatic heterocycles. The van der Waals surface area contributed by atoms with Crippen molar-refractivity contribution < 1.29 is 14.7 Å². The Kier molecular flexibility index (Phi) is 4.42. The van der Waals surface area contributed by atoms with Crippen LogP contribution in [0.3, 0.4) is 0 Å². The Balaban J connectivity index is 2.78. The molecule has 0 saturated heterocycles. The zero-order chi connectivity index (χ0) is 14.6. The number of hydrogen-bond donors (Lipinski definition) is 2. The highest BCUT2D eigenvalue weighted by atomic mass is 16.4. The van der Waals surface area contributed by atoms with Crippen LogP contribution < -0.4 is 10.9 Å². The van der Waals surface area contributed by atoms with Gasteiger partial charge in [0, 0.05) is 19.7 Å². The Bertz CT molecular complexity index is 552. The van der Waals surface area contributed by atoms with Crippen molar-refractivity contribution in [3.05, 3.63) is 28.2 Å². The maximum Gasteiger partial charge on any atom is 0.311 e. The van der Waals surface area contributed by atoms with Crippen LogP contribution in [0.2, 0.25) is 0 Å². The third kappa shape index (κ3) is 3.40. The molecule has 0 fully saturated rings. The Hall–Kier alpha value is -2.18. The second-order valence-electron chi connectivity index (χ2n) is 4.58. The van der Waals surface area contributed by atoms with Crippen molar-refractivity contribution >= 4 is 11.9 Å². The molecule has 0 aromatic carbocycles. The quantitative estimate of drug-likeness (QED) is 0.782. The normalized spacial score (nSPS) is 13.6. The highest BCUT2D eigenvalue weighted by Crippen LogP contribution is 2.19. The first kappa shape index (κ1) is 14.9. The fourth-order valence-corrected chi connectivity index (χ4v) is 1.34. The summed E-state index contributed by atoms with van der Waals surface area (Å²) in [5, 5.41) is 15.4. The van der Waals surface area contributed by atoms with Crippen LogP contribution in [0, 0.1) is 5.41 Å². The third-order valence-corrected chi connectivity index (χ3v) is 3.13. The molecule has 19 heavy (non-hydrogen) atoms. The maximum atomic E-state index is 11.8. The van der Waals surface area contributed by atoms with E-state index in [9.17, 15) is 14.4 Å². The summed E-state index contributed by atoms with van der Waals surface area (Å²) in [4.78, 5) is 34.0. The van der Waals surface area contributed by atoms with Gasteiger partial charge in [-0.25, -0.2) is 4.68 Å². The summed E-state index contributed by atoms with van der Waals surface area (Å²) in [7, 11) is 1.44. The summed E-state index contributed by atoms with van der Waals surface area (Å²) in [5.41, 5.74) is -1.26. The van der Waals surface area contributed by atoms with E-state index < -0.39 is 17.3 Å².